The van der Waals surface area contributed by atoms with Crippen LogP contribution in [-0.2, 0) is 16.1 Å². The molecular formula is C19H32ClN5O3. The minimum absolute atomic E-state index is 0. The van der Waals surface area contributed by atoms with Gasteiger partial charge in [0.25, 0.3) is 0 Å². The molecular weight excluding hydrogens is 382 g/mol. The molecule has 2 amide bonds. The standard InChI is InChI=1S/C19H31N5O3.ClH/c1-13(2)24-15(4)16(14(3)21-24)10-22(5)17(25)11-23-12-19(27-18(23)26)6-8-20-9-7-19;/h13,20H,6-12H2,1-5H3;1H. The van der Waals surface area contributed by atoms with E-state index in [-0.39, 0.29) is 37.0 Å². The number of aromatic nitrogens is 2. The van der Waals surface area contributed by atoms with Crippen molar-refractivity contribution in [2.45, 2.75) is 58.7 Å². The lowest BCUT2D eigenvalue weighted by atomic mass is 9.92. The van der Waals surface area contributed by atoms with Gasteiger partial charge in [-0.05, 0) is 40.8 Å². The summed E-state index contributed by atoms with van der Waals surface area (Å²) in [4.78, 5) is 28.2. The number of rotatable bonds is 5. The Morgan fingerprint density at radius 3 is 2.54 bits per heavy atom. The number of carbonyl (C=O) groups excluding carboxylic acids is 2. The number of piperidine rings is 1. The fourth-order valence-electron chi connectivity index (χ4n) is 4.00. The van der Waals surface area contributed by atoms with Crippen molar-refractivity contribution in [2.75, 3.05) is 33.2 Å². The van der Waals surface area contributed by atoms with Gasteiger partial charge in [-0.15, -0.1) is 12.4 Å². The van der Waals surface area contributed by atoms with Crippen molar-refractivity contribution in [3.8, 4) is 0 Å². The molecule has 3 heterocycles. The van der Waals surface area contributed by atoms with E-state index in [1.165, 1.54) is 0 Å². The van der Waals surface area contributed by atoms with Gasteiger partial charge in [0, 0.05) is 43.7 Å². The number of carbonyl (C=O) groups is 2. The first-order valence-electron chi connectivity index (χ1n) is 9.69. The van der Waals surface area contributed by atoms with Gasteiger partial charge in [0.05, 0.1) is 12.2 Å². The van der Waals surface area contributed by atoms with Gasteiger partial charge in [-0.25, -0.2) is 4.79 Å². The summed E-state index contributed by atoms with van der Waals surface area (Å²) in [5, 5.41) is 7.86. The number of hydrogen-bond acceptors (Lipinski definition) is 5. The summed E-state index contributed by atoms with van der Waals surface area (Å²) in [5.41, 5.74) is 2.66. The van der Waals surface area contributed by atoms with Crippen molar-refractivity contribution in [3.63, 3.8) is 0 Å². The molecule has 1 aromatic heterocycles. The van der Waals surface area contributed by atoms with Crippen molar-refractivity contribution in [1.29, 1.82) is 0 Å². The van der Waals surface area contributed by atoms with Gasteiger partial charge in [0.2, 0.25) is 5.91 Å². The molecule has 3 rings (SSSR count). The molecule has 2 saturated heterocycles. The summed E-state index contributed by atoms with van der Waals surface area (Å²) in [5.74, 6) is -0.0889. The second-order valence-corrected chi connectivity index (χ2v) is 8.09. The van der Waals surface area contributed by atoms with Gasteiger partial charge in [0.1, 0.15) is 12.1 Å². The topological polar surface area (TPSA) is 79.7 Å². The van der Waals surface area contributed by atoms with Crippen LogP contribution in [-0.4, -0.2) is 70.4 Å². The van der Waals surface area contributed by atoms with E-state index >= 15 is 0 Å². The third-order valence-electron chi connectivity index (χ3n) is 5.67. The van der Waals surface area contributed by atoms with Gasteiger partial charge in [-0.2, -0.15) is 5.10 Å². The van der Waals surface area contributed by atoms with Crippen molar-refractivity contribution in [3.05, 3.63) is 17.0 Å². The molecule has 1 aromatic rings. The lowest BCUT2D eigenvalue weighted by Crippen LogP contribution is -2.46. The predicted octanol–water partition coefficient (Wildman–Crippen LogP) is 2.04. The van der Waals surface area contributed by atoms with E-state index in [0.717, 1.165) is 42.9 Å². The summed E-state index contributed by atoms with van der Waals surface area (Å²) in [7, 11) is 1.77. The zero-order valence-corrected chi connectivity index (χ0v) is 18.3. The van der Waals surface area contributed by atoms with Crippen molar-refractivity contribution >= 4 is 24.4 Å². The van der Waals surface area contributed by atoms with Crippen LogP contribution < -0.4 is 5.32 Å². The Balaban J connectivity index is 0.00000280. The number of aryl methyl sites for hydroxylation is 1. The predicted molar refractivity (Wildman–Crippen MR) is 109 cm³/mol. The van der Waals surface area contributed by atoms with Crippen LogP contribution in [0.3, 0.4) is 0 Å². The van der Waals surface area contributed by atoms with E-state index in [0.29, 0.717) is 13.1 Å². The molecule has 0 radical (unpaired) electrons. The van der Waals surface area contributed by atoms with Gasteiger partial charge in [-0.3, -0.25) is 14.4 Å². The van der Waals surface area contributed by atoms with Gasteiger partial charge < -0.3 is 15.0 Å². The Bertz CT molecular complexity index is 727. The zero-order valence-electron chi connectivity index (χ0n) is 17.4. The van der Waals surface area contributed by atoms with Crippen LogP contribution in [0.5, 0.6) is 0 Å². The molecule has 2 aliphatic heterocycles. The minimum atomic E-state index is -0.424. The Hall–Kier alpha value is -1.80. The van der Waals surface area contributed by atoms with Crippen LogP contribution in [0.4, 0.5) is 4.79 Å². The van der Waals surface area contributed by atoms with E-state index in [1.807, 2.05) is 18.5 Å². The molecule has 8 nitrogen and oxygen atoms in total. The smallest absolute Gasteiger partial charge is 0.410 e. The van der Waals surface area contributed by atoms with Crippen LogP contribution >= 0.6 is 12.4 Å². The monoisotopic (exact) mass is 413 g/mol. The molecule has 1 spiro atoms. The average Bonchev–Trinajstić information content (AvgIpc) is 3.06. The second-order valence-electron chi connectivity index (χ2n) is 8.09. The Morgan fingerprint density at radius 2 is 1.96 bits per heavy atom. The minimum Gasteiger partial charge on any atom is -0.441 e. The van der Waals surface area contributed by atoms with Crippen LogP contribution in [0.1, 0.15) is 49.7 Å². The fourth-order valence-corrected chi connectivity index (χ4v) is 4.00. The number of halogens is 1. The third-order valence-corrected chi connectivity index (χ3v) is 5.67. The number of ether oxygens (including phenoxy) is 1. The molecule has 0 saturated carbocycles. The summed E-state index contributed by atoms with van der Waals surface area (Å²) in [6.45, 7) is 10.9. The SMILES string of the molecule is Cc1nn(C(C)C)c(C)c1CN(C)C(=O)CN1CC2(CCNCC2)OC1=O.Cl. The van der Waals surface area contributed by atoms with Crippen LogP contribution in [0.2, 0.25) is 0 Å². The molecule has 0 aliphatic carbocycles. The normalized spacial score (nSPS) is 18.4. The summed E-state index contributed by atoms with van der Waals surface area (Å²) >= 11 is 0. The molecule has 0 bridgehead atoms. The number of amides is 2. The van der Waals surface area contributed by atoms with Gasteiger partial charge in [0.15, 0.2) is 0 Å². The molecule has 1 N–H and O–H groups in total. The number of nitrogens with one attached hydrogen (secondary N) is 1. The molecule has 9 heteroatoms. The lowest BCUT2D eigenvalue weighted by molar-refractivity contribution is -0.131. The zero-order chi connectivity index (χ0) is 19.8. The Kier molecular flexibility index (Phi) is 6.98. The van der Waals surface area contributed by atoms with E-state index in [1.54, 1.807) is 16.8 Å². The van der Waals surface area contributed by atoms with Crippen molar-refractivity contribution < 1.29 is 14.3 Å². The molecule has 2 aliphatic rings. The quantitative estimate of drug-likeness (QED) is 0.798. The van der Waals surface area contributed by atoms with Crippen LogP contribution in [0.25, 0.3) is 0 Å². The van der Waals surface area contributed by atoms with E-state index in [4.69, 9.17) is 4.74 Å². The molecule has 0 aromatic carbocycles. The second kappa shape index (κ2) is 8.69. The maximum atomic E-state index is 12.7. The summed E-state index contributed by atoms with van der Waals surface area (Å²) in [6, 6.07) is 0.277. The summed E-state index contributed by atoms with van der Waals surface area (Å²) in [6.07, 6.45) is 1.22. The van der Waals surface area contributed by atoms with Gasteiger partial charge in [-0.1, -0.05) is 0 Å². The number of hydrogen-bond donors (Lipinski definition) is 1. The molecule has 0 unspecified atom stereocenters. The average molecular weight is 414 g/mol. The number of likely N-dealkylation sites (N-methyl/N-ethyl adjacent to an activating group) is 1. The van der Waals surface area contributed by atoms with Crippen LogP contribution in [0.15, 0.2) is 0 Å². The molecule has 0 atom stereocenters. The van der Waals surface area contributed by atoms with E-state index < -0.39 is 5.60 Å². The Labute approximate surface area is 173 Å². The third kappa shape index (κ3) is 4.43. The molecule has 158 valence electrons. The molecule has 2 fully saturated rings. The van der Waals surface area contributed by atoms with Crippen molar-refractivity contribution in [1.82, 2.24) is 24.9 Å². The van der Waals surface area contributed by atoms with Crippen LogP contribution in [0, 0.1) is 13.8 Å². The van der Waals surface area contributed by atoms with Crippen molar-refractivity contribution in [2.24, 2.45) is 0 Å². The van der Waals surface area contributed by atoms with Gasteiger partial charge >= 0.3 is 6.09 Å². The highest BCUT2D eigenvalue weighted by Crippen LogP contribution is 2.31. The lowest BCUT2D eigenvalue weighted by Gasteiger charge is -2.31. The first-order chi connectivity index (χ1) is 12.7. The Morgan fingerprint density at radius 1 is 1.32 bits per heavy atom. The van der Waals surface area contributed by atoms with E-state index in [2.05, 4.69) is 24.3 Å². The highest BCUT2D eigenvalue weighted by Gasteiger charge is 2.46. The maximum absolute atomic E-state index is 12.7. The maximum Gasteiger partial charge on any atom is 0.410 e. The highest BCUT2D eigenvalue weighted by atomic mass is 35.5. The fraction of sp³-hybridized carbons (Fsp3) is 0.737. The first-order valence-corrected chi connectivity index (χ1v) is 9.69. The van der Waals surface area contributed by atoms with E-state index in [9.17, 15) is 9.59 Å². The number of nitrogens with zero attached hydrogens (tertiary/aromatic N) is 4. The largest absolute Gasteiger partial charge is 0.441 e. The summed E-state index contributed by atoms with van der Waals surface area (Å²) < 4.78 is 7.62. The molecule has 28 heavy (non-hydrogen) atoms. The highest BCUT2D eigenvalue weighted by molar-refractivity contribution is 5.85. The first kappa shape index (κ1) is 22.5.